The number of benzene rings is 1. The van der Waals surface area contributed by atoms with E-state index in [4.69, 9.17) is 21.1 Å². The van der Waals surface area contributed by atoms with Gasteiger partial charge in [-0.3, -0.25) is 0 Å². The van der Waals surface area contributed by atoms with Gasteiger partial charge in [0.2, 0.25) is 0 Å². The number of hydrogen-bond donors (Lipinski definition) is 1. The highest BCUT2D eigenvalue weighted by molar-refractivity contribution is 6.30. The van der Waals surface area contributed by atoms with Gasteiger partial charge in [-0.25, -0.2) is 0 Å². The summed E-state index contributed by atoms with van der Waals surface area (Å²) in [5.74, 6) is 0.973. The van der Waals surface area contributed by atoms with Crippen molar-refractivity contribution in [2.24, 2.45) is 0 Å². The molecule has 1 N–H and O–H groups in total. The molecule has 0 aromatic heterocycles. The Morgan fingerprint density at radius 2 is 2.37 bits per heavy atom. The zero-order valence-electron chi connectivity index (χ0n) is 11.2. The largest absolute Gasteiger partial charge is 0.488 e. The molecular weight excluding hydrogens is 262 g/mol. The van der Waals surface area contributed by atoms with Gasteiger partial charge in [0.05, 0.1) is 6.61 Å². The first-order valence-electron chi connectivity index (χ1n) is 6.92. The third-order valence-corrected chi connectivity index (χ3v) is 4.19. The van der Waals surface area contributed by atoms with Gasteiger partial charge in [0, 0.05) is 30.1 Å². The van der Waals surface area contributed by atoms with Gasteiger partial charge in [-0.05, 0) is 43.5 Å². The van der Waals surface area contributed by atoms with E-state index in [9.17, 15) is 0 Å². The average Bonchev–Trinajstić information content (AvgIpc) is 2.79. The first-order valence-corrected chi connectivity index (χ1v) is 7.30. The highest BCUT2D eigenvalue weighted by Gasteiger charge is 2.30. The molecular formula is C15H20ClNO2. The lowest BCUT2D eigenvalue weighted by atomic mass is 9.94. The summed E-state index contributed by atoms with van der Waals surface area (Å²) in [5, 5.41) is 4.39. The molecule has 1 fully saturated rings. The van der Waals surface area contributed by atoms with Crippen molar-refractivity contribution in [2.45, 2.75) is 37.8 Å². The topological polar surface area (TPSA) is 30.5 Å². The summed E-state index contributed by atoms with van der Waals surface area (Å²) in [6.07, 6.45) is 3.43. The van der Waals surface area contributed by atoms with E-state index in [0.29, 0.717) is 0 Å². The molecule has 2 aliphatic rings. The van der Waals surface area contributed by atoms with Crippen molar-refractivity contribution < 1.29 is 9.47 Å². The molecule has 0 amide bonds. The molecule has 4 heteroatoms. The zero-order chi connectivity index (χ0) is 13.3. The van der Waals surface area contributed by atoms with E-state index in [1.54, 1.807) is 0 Å². The summed E-state index contributed by atoms with van der Waals surface area (Å²) in [4.78, 5) is 0. The Morgan fingerprint density at radius 1 is 1.47 bits per heavy atom. The van der Waals surface area contributed by atoms with Crippen LogP contribution in [0.15, 0.2) is 18.2 Å². The molecule has 2 heterocycles. The van der Waals surface area contributed by atoms with E-state index >= 15 is 0 Å². The number of halogens is 1. The van der Waals surface area contributed by atoms with Crippen LogP contribution in [0.5, 0.6) is 5.75 Å². The summed E-state index contributed by atoms with van der Waals surface area (Å²) >= 11 is 6.00. The molecule has 0 radical (unpaired) electrons. The SMILES string of the molecule is CC1(NCC2Cc3cc(Cl)ccc3O2)CCCOC1. The van der Waals surface area contributed by atoms with Gasteiger partial charge in [-0.15, -0.1) is 0 Å². The van der Waals surface area contributed by atoms with E-state index < -0.39 is 0 Å². The summed E-state index contributed by atoms with van der Waals surface area (Å²) in [6, 6.07) is 5.85. The van der Waals surface area contributed by atoms with Crippen molar-refractivity contribution >= 4 is 11.6 Å². The number of fused-ring (bicyclic) bond motifs is 1. The van der Waals surface area contributed by atoms with Crippen LogP contribution in [0.1, 0.15) is 25.3 Å². The second kappa shape index (κ2) is 5.31. The molecule has 2 atom stereocenters. The van der Waals surface area contributed by atoms with Crippen LogP contribution in [0.4, 0.5) is 0 Å². The third kappa shape index (κ3) is 3.04. The van der Waals surface area contributed by atoms with E-state index in [1.807, 2.05) is 18.2 Å². The highest BCUT2D eigenvalue weighted by Crippen LogP contribution is 2.31. The van der Waals surface area contributed by atoms with Crippen molar-refractivity contribution in [3.63, 3.8) is 0 Å². The second-order valence-electron chi connectivity index (χ2n) is 5.79. The Kier molecular flexibility index (Phi) is 3.70. The molecule has 1 aromatic carbocycles. The Labute approximate surface area is 119 Å². The van der Waals surface area contributed by atoms with Crippen LogP contribution in [-0.4, -0.2) is 31.4 Å². The fourth-order valence-corrected chi connectivity index (χ4v) is 3.03. The molecule has 3 rings (SSSR count). The van der Waals surface area contributed by atoms with Crippen LogP contribution in [0.2, 0.25) is 5.02 Å². The predicted octanol–water partition coefficient (Wildman–Crippen LogP) is 2.80. The first kappa shape index (κ1) is 13.2. The maximum atomic E-state index is 6.00. The maximum Gasteiger partial charge on any atom is 0.123 e. The lowest BCUT2D eigenvalue weighted by molar-refractivity contribution is 0.0245. The van der Waals surface area contributed by atoms with Gasteiger partial charge in [0.25, 0.3) is 0 Å². The molecule has 0 bridgehead atoms. The van der Waals surface area contributed by atoms with Crippen molar-refractivity contribution in [1.29, 1.82) is 0 Å². The van der Waals surface area contributed by atoms with E-state index in [0.717, 1.165) is 43.4 Å². The molecule has 1 saturated heterocycles. The monoisotopic (exact) mass is 281 g/mol. The van der Waals surface area contributed by atoms with Crippen molar-refractivity contribution in [3.8, 4) is 5.75 Å². The molecule has 2 unspecified atom stereocenters. The summed E-state index contributed by atoms with van der Waals surface area (Å²) in [7, 11) is 0. The summed E-state index contributed by atoms with van der Waals surface area (Å²) in [6.45, 7) is 4.76. The van der Waals surface area contributed by atoms with Gasteiger partial charge in [0.1, 0.15) is 11.9 Å². The zero-order valence-corrected chi connectivity index (χ0v) is 12.0. The fourth-order valence-electron chi connectivity index (χ4n) is 2.84. The van der Waals surface area contributed by atoms with Crippen LogP contribution in [0.3, 0.4) is 0 Å². The van der Waals surface area contributed by atoms with E-state index in [1.165, 1.54) is 12.0 Å². The molecule has 0 saturated carbocycles. The van der Waals surface area contributed by atoms with Crippen LogP contribution in [0.25, 0.3) is 0 Å². The highest BCUT2D eigenvalue weighted by atomic mass is 35.5. The van der Waals surface area contributed by atoms with Gasteiger partial charge in [-0.2, -0.15) is 0 Å². The molecule has 0 aliphatic carbocycles. The molecule has 0 spiro atoms. The lowest BCUT2D eigenvalue weighted by Gasteiger charge is -2.35. The van der Waals surface area contributed by atoms with E-state index in [2.05, 4.69) is 12.2 Å². The summed E-state index contributed by atoms with van der Waals surface area (Å²) in [5.41, 5.74) is 1.30. The minimum absolute atomic E-state index is 0.0913. The minimum Gasteiger partial charge on any atom is -0.488 e. The Bertz CT molecular complexity index is 457. The van der Waals surface area contributed by atoms with Crippen molar-refractivity contribution in [3.05, 3.63) is 28.8 Å². The Balaban J connectivity index is 1.55. The lowest BCUT2D eigenvalue weighted by Crippen LogP contribution is -2.51. The molecule has 1 aromatic rings. The molecule has 3 nitrogen and oxygen atoms in total. The van der Waals surface area contributed by atoms with Gasteiger partial charge in [0.15, 0.2) is 0 Å². The smallest absolute Gasteiger partial charge is 0.123 e. The van der Waals surface area contributed by atoms with Crippen molar-refractivity contribution in [2.75, 3.05) is 19.8 Å². The molecule has 19 heavy (non-hydrogen) atoms. The standard InChI is InChI=1S/C15H20ClNO2/c1-15(5-2-6-18-10-15)17-9-13-8-11-7-12(16)3-4-14(11)19-13/h3-4,7,13,17H,2,5-6,8-10H2,1H3. The second-order valence-corrected chi connectivity index (χ2v) is 6.23. The number of hydrogen-bond acceptors (Lipinski definition) is 3. The van der Waals surface area contributed by atoms with Gasteiger partial charge < -0.3 is 14.8 Å². The number of nitrogens with one attached hydrogen (secondary N) is 1. The number of ether oxygens (including phenoxy) is 2. The van der Waals surface area contributed by atoms with Crippen LogP contribution in [-0.2, 0) is 11.2 Å². The normalized spacial score (nSPS) is 29.9. The third-order valence-electron chi connectivity index (χ3n) is 3.96. The predicted molar refractivity (Wildman–Crippen MR) is 76.0 cm³/mol. The van der Waals surface area contributed by atoms with Gasteiger partial charge in [-0.1, -0.05) is 11.6 Å². The molecule has 2 aliphatic heterocycles. The number of rotatable bonds is 3. The maximum absolute atomic E-state index is 6.00. The quantitative estimate of drug-likeness (QED) is 0.924. The summed E-state index contributed by atoms with van der Waals surface area (Å²) < 4.78 is 11.5. The Morgan fingerprint density at radius 3 is 3.16 bits per heavy atom. The Hall–Kier alpha value is -0.770. The first-order chi connectivity index (χ1) is 9.15. The van der Waals surface area contributed by atoms with Crippen molar-refractivity contribution in [1.82, 2.24) is 5.32 Å². The fraction of sp³-hybridized carbons (Fsp3) is 0.600. The van der Waals surface area contributed by atoms with Crippen LogP contribution < -0.4 is 10.1 Å². The van der Waals surface area contributed by atoms with E-state index in [-0.39, 0.29) is 11.6 Å². The minimum atomic E-state index is 0.0913. The molecule has 104 valence electrons. The van der Waals surface area contributed by atoms with Gasteiger partial charge >= 0.3 is 0 Å². The van der Waals surface area contributed by atoms with Crippen LogP contribution in [0, 0.1) is 0 Å². The van der Waals surface area contributed by atoms with Crippen LogP contribution >= 0.6 is 11.6 Å². The average molecular weight is 282 g/mol.